The minimum atomic E-state index is -0.444. The average Bonchev–Trinajstić information content (AvgIpc) is 3.40. The predicted octanol–water partition coefficient (Wildman–Crippen LogP) is 6.00. The predicted molar refractivity (Wildman–Crippen MR) is 134 cm³/mol. The molecule has 8 heteroatoms. The van der Waals surface area contributed by atoms with Gasteiger partial charge >= 0.3 is 0 Å². The number of nitro groups is 1. The molecule has 4 saturated carbocycles. The Hall–Kier alpha value is -2.22. The highest BCUT2D eigenvalue weighted by Crippen LogP contribution is 2.70. The molecule has 4 fully saturated rings. The fourth-order valence-corrected chi connectivity index (χ4v) is 9.86. The van der Waals surface area contributed by atoms with Crippen molar-refractivity contribution >= 4 is 40.0 Å². The molecule has 0 radical (unpaired) electrons. The number of hydrogen-bond acceptors (Lipinski definition) is 6. The second-order valence-corrected chi connectivity index (χ2v) is 13.9. The van der Waals surface area contributed by atoms with Gasteiger partial charge in [-0.15, -0.1) is 0 Å². The van der Waals surface area contributed by atoms with Crippen LogP contribution in [0.2, 0.25) is 0 Å². The molecule has 6 atom stereocenters. The van der Waals surface area contributed by atoms with Crippen molar-refractivity contribution < 1.29 is 14.5 Å². The molecule has 7 nitrogen and oxygen atoms in total. The Morgan fingerprint density at radius 3 is 2.11 bits per heavy atom. The molecule has 4 aliphatic carbocycles. The first-order chi connectivity index (χ1) is 16.3. The standard InChI is InChI=1S/C27H33N3O4S/c1-24(2)15-9-11-26(24,5)21(19(15)31)29-18-13-14(30(33)34)7-8-17(18)28-23(29)35-22-20(32)16-10-12-27(22,6)25(16,3)4/h7-8,13,15-16,21-22H,9-12H2,1-6H3/t15-,16-,21+,22+,26-,27-/m0/s1. The summed E-state index contributed by atoms with van der Waals surface area (Å²) >= 11 is 1.49. The second kappa shape index (κ2) is 6.75. The van der Waals surface area contributed by atoms with Gasteiger partial charge in [-0.2, -0.15) is 0 Å². The van der Waals surface area contributed by atoms with Crippen molar-refractivity contribution in [2.75, 3.05) is 0 Å². The molecule has 0 spiro atoms. The van der Waals surface area contributed by atoms with E-state index in [0.717, 1.165) is 25.7 Å². The van der Waals surface area contributed by atoms with Gasteiger partial charge in [-0.3, -0.25) is 19.7 Å². The number of ketones is 2. The summed E-state index contributed by atoms with van der Waals surface area (Å²) in [7, 11) is 0. The Morgan fingerprint density at radius 2 is 1.57 bits per heavy atom. The fraction of sp³-hybridized carbons (Fsp3) is 0.667. The Balaban J connectivity index is 1.54. The van der Waals surface area contributed by atoms with E-state index in [-0.39, 0.29) is 56.0 Å². The average molecular weight is 496 g/mol. The van der Waals surface area contributed by atoms with Gasteiger partial charge < -0.3 is 4.57 Å². The van der Waals surface area contributed by atoms with Crippen LogP contribution in [0.15, 0.2) is 23.4 Å². The van der Waals surface area contributed by atoms with Gasteiger partial charge in [0.25, 0.3) is 5.69 Å². The molecular formula is C27H33N3O4S. The number of hydrogen-bond donors (Lipinski definition) is 0. The van der Waals surface area contributed by atoms with E-state index < -0.39 is 11.0 Å². The van der Waals surface area contributed by atoms with Crippen LogP contribution in [0.1, 0.15) is 73.3 Å². The zero-order valence-corrected chi connectivity index (χ0v) is 22.1. The number of nitro benzene ring substituents is 1. The summed E-state index contributed by atoms with van der Waals surface area (Å²) in [6.07, 6.45) is 3.73. The first kappa shape index (κ1) is 23.2. The van der Waals surface area contributed by atoms with Gasteiger partial charge in [0.1, 0.15) is 11.8 Å². The highest BCUT2D eigenvalue weighted by Gasteiger charge is 2.69. The molecule has 6 rings (SSSR count). The van der Waals surface area contributed by atoms with Crippen LogP contribution in [0.25, 0.3) is 11.0 Å². The molecule has 186 valence electrons. The number of carbonyl (C=O) groups is 2. The van der Waals surface area contributed by atoms with Gasteiger partial charge in [0.05, 0.1) is 21.2 Å². The Morgan fingerprint density at radius 1 is 0.971 bits per heavy atom. The van der Waals surface area contributed by atoms with Gasteiger partial charge in [0.2, 0.25) is 0 Å². The van der Waals surface area contributed by atoms with Crippen molar-refractivity contribution in [2.24, 2.45) is 33.5 Å². The van der Waals surface area contributed by atoms with E-state index in [1.807, 2.05) is 4.57 Å². The Bertz CT molecular complexity index is 1330. The van der Waals surface area contributed by atoms with Gasteiger partial charge in [-0.05, 0) is 48.0 Å². The van der Waals surface area contributed by atoms with Gasteiger partial charge in [0, 0.05) is 29.4 Å². The smallest absolute Gasteiger partial charge is 0.271 e. The lowest BCUT2D eigenvalue weighted by Crippen LogP contribution is -2.37. The third-order valence-corrected chi connectivity index (χ3v) is 12.8. The molecule has 1 aromatic heterocycles. The zero-order valence-electron chi connectivity index (χ0n) is 21.3. The van der Waals surface area contributed by atoms with E-state index in [4.69, 9.17) is 4.98 Å². The Kier molecular flexibility index (Phi) is 4.47. The van der Waals surface area contributed by atoms with Crippen molar-refractivity contribution in [1.29, 1.82) is 0 Å². The third kappa shape index (κ3) is 2.57. The molecule has 0 unspecified atom stereocenters. The van der Waals surface area contributed by atoms with Crippen LogP contribution >= 0.6 is 11.8 Å². The topological polar surface area (TPSA) is 95.1 Å². The number of benzene rings is 1. The van der Waals surface area contributed by atoms with E-state index in [1.165, 1.54) is 17.8 Å². The lowest BCUT2D eigenvalue weighted by Gasteiger charge is -2.40. The van der Waals surface area contributed by atoms with Crippen LogP contribution < -0.4 is 0 Å². The van der Waals surface area contributed by atoms with Crippen molar-refractivity contribution in [3.8, 4) is 0 Å². The maximum absolute atomic E-state index is 13.8. The highest BCUT2D eigenvalue weighted by atomic mass is 32.2. The molecule has 35 heavy (non-hydrogen) atoms. The number of thioether (sulfide) groups is 1. The summed E-state index contributed by atoms with van der Waals surface area (Å²) in [5.41, 5.74) is 0.525. The monoisotopic (exact) mass is 495 g/mol. The van der Waals surface area contributed by atoms with Gasteiger partial charge in [0.15, 0.2) is 10.9 Å². The summed E-state index contributed by atoms with van der Waals surface area (Å²) < 4.78 is 1.98. The van der Waals surface area contributed by atoms with E-state index in [2.05, 4.69) is 41.5 Å². The number of aromatic nitrogens is 2. The normalized spacial score (nSPS) is 38.7. The summed E-state index contributed by atoms with van der Waals surface area (Å²) in [6.45, 7) is 13.2. The number of rotatable bonds is 4. The van der Waals surface area contributed by atoms with Gasteiger partial charge in [-0.1, -0.05) is 53.3 Å². The van der Waals surface area contributed by atoms with Crippen LogP contribution in [0, 0.1) is 43.6 Å². The molecule has 1 aromatic carbocycles. The summed E-state index contributed by atoms with van der Waals surface area (Å²) in [4.78, 5) is 43.5. The second-order valence-electron chi connectivity index (χ2n) is 12.9. The van der Waals surface area contributed by atoms with Gasteiger partial charge in [-0.25, -0.2) is 4.98 Å². The van der Waals surface area contributed by atoms with Crippen molar-refractivity contribution in [1.82, 2.24) is 9.55 Å². The van der Waals surface area contributed by atoms with Crippen LogP contribution in [0.4, 0.5) is 5.69 Å². The first-order valence-corrected chi connectivity index (χ1v) is 13.5. The number of non-ortho nitro benzene ring substituents is 1. The highest BCUT2D eigenvalue weighted by molar-refractivity contribution is 8.00. The molecular weight excluding hydrogens is 462 g/mol. The zero-order chi connectivity index (χ0) is 25.3. The molecule has 0 N–H and O–H groups in total. The molecule has 4 aliphatic rings. The number of fused-ring (bicyclic) bond motifs is 5. The van der Waals surface area contributed by atoms with Crippen molar-refractivity contribution in [3.63, 3.8) is 0 Å². The fourth-order valence-electron chi connectivity index (χ4n) is 8.22. The molecule has 0 saturated heterocycles. The first-order valence-electron chi connectivity index (χ1n) is 12.7. The van der Waals surface area contributed by atoms with Crippen LogP contribution in [0.5, 0.6) is 0 Å². The molecule has 4 bridgehead atoms. The maximum Gasteiger partial charge on any atom is 0.271 e. The van der Waals surface area contributed by atoms with Crippen LogP contribution in [-0.4, -0.2) is 31.3 Å². The number of carbonyl (C=O) groups excluding carboxylic acids is 2. The minimum Gasteiger partial charge on any atom is -0.307 e. The quantitative estimate of drug-likeness (QED) is 0.381. The molecule has 1 heterocycles. The van der Waals surface area contributed by atoms with Crippen molar-refractivity contribution in [3.05, 3.63) is 28.3 Å². The van der Waals surface area contributed by atoms with Crippen molar-refractivity contribution in [2.45, 2.75) is 83.7 Å². The number of nitrogens with zero attached hydrogens (tertiary/aromatic N) is 3. The maximum atomic E-state index is 13.8. The molecule has 0 aliphatic heterocycles. The summed E-state index contributed by atoms with van der Waals surface area (Å²) in [5.74, 6) is 0.489. The SMILES string of the molecule is CC1(C)[C@H]2CC[C@@]1(C)[C@H](Sc1nc3ccc([N+](=O)[O-])cc3n1[C@@H]1C(=O)[C@@H]3CC[C@]1(C)C3(C)C)C2=O. The Labute approximate surface area is 209 Å². The largest absolute Gasteiger partial charge is 0.307 e. The number of imidazole rings is 1. The summed E-state index contributed by atoms with van der Waals surface area (Å²) in [5, 5.41) is 12.0. The molecule has 0 amide bonds. The van der Waals surface area contributed by atoms with E-state index in [1.54, 1.807) is 12.1 Å². The molecule has 2 aromatic rings. The van der Waals surface area contributed by atoms with Crippen LogP contribution in [0.3, 0.4) is 0 Å². The van der Waals surface area contributed by atoms with E-state index >= 15 is 0 Å². The lowest BCUT2D eigenvalue weighted by atomic mass is 9.69. The third-order valence-electron chi connectivity index (χ3n) is 11.3. The summed E-state index contributed by atoms with van der Waals surface area (Å²) in [6, 6.07) is 4.25. The van der Waals surface area contributed by atoms with Crippen LogP contribution in [-0.2, 0) is 9.59 Å². The minimum absolute atomic E-state index is 0.0145. The van der Waals surface area contributed by atoms with E-state index in [9.17, 15) is 19.7 Å². The lowest BCUT2D eigenvalue weighted by molar-refractivity contribution is -0.384. The number of Topliss-reactive ketones (excluding diaryl/α,β-unsaturated/α-hetero) is 2. The van der Waals surface area contributed by atoms with E-state index in [0.29, 0.717) is 16.2 Å².